The van der Waals surface area contributed by atoms with Crippen molar-refractivity contribution < 1.29 is 28.0 Å². The maximum atomic E-state index is 13.3. The smallest absolute Gasteiger partial charge is 0.289 e. The second kappa shape index (κ2) is 10.5. The Bertz CT molecular complexity index is 1120. The van der Waals surface area contributed by atoms with Crippen molar-refractivity contribution in [3.63, 3.8) is 0 Å². The molecule has 2 aromatic rings. The van der Waals surface area contributed by atoms with Crippen LogP contribution >= 0.6 is 0 Å². The lowest BCUT2D eigenvalue weighted by Crippen LogP contribution is -2.66. The van der Waals surface area contributed by atoms with E-state index in [1.54, 1.807) is 54.7 Å². The van der Waals surface area contributed by atoms with Gasteiger partial charge in [0.1, 0.15) is 11.6 Å². The third-order valence-corrected chi connectivity index (χ3v) is 6.75. The number of ketones is 1. The van der Waals surface area contributed by atoms with Gasteiger partial charge in [-0.25, -0.2) is 8.78 Å². The minimum absolute atomic E-state index is 0.0451. The summed E-state index contributed by atoms with van der Waals surface area (Å²) in [6.07, 6.45) is 1.87. The maximum Gasteiger partial charge on any atom is 0.289 e. The molecule has 2 aliphatic rings. The summed E-state index contributed by atoms with van der Waals surface area (Å²) >= 11 is 0. The van der Waals surface area contributed by atoms with Crippen molar-refractivity contribution in [1.29, 1.82) is 0 Å². The summed E-state index contributed by atoms with van der Waals surface area (Å²) in [5.41, 5.74) is 0.0267. The number of amides is 3. The molecule has 1 heterocycles. The SMILES string of the molecule is O=C(NCc1ccccn1)C(=O)[C@@H](Cc1ccccc1)NC(=O)C1(NC(=O)C2CC(F)(F)C2)CCC1. The summed E-state index contributed by atoms with van der Waals surface area (Å²) in [6, 6.07) is 12.9. The fourth-order valence-electron chi connectivity index (χ4n) is 4.40. The summed E-state index contributed by atoms with van der Waals surface area (Å²) in [4.78, 5) is 55.6. The number of rotatable bonds is 10. The summed E-state index contributed by atoms with van der Waals surface area (Å²) < 4.78 is 26.4. The molecule has 0 spiro atoms. The van der Waals surface area contributed by atoms with Gasteiger partial charge < -0.3 is 16.0 Å². The monoisotopic (exact) mass is 498 g/mol. The second-order valence-corrected chi connectivity index (χ2v) is 9.47. The lowest BCUT2D eigenvalue weighted by molar-refractivity contribution is -0.155. The molecular formula is C26H28F2N4O4. The van der Waals surface area contributed by atoms with Gasteiger partial charge in [-0.15, -0.1) is 0 Å². The van der Waals surface area contributed by atoms with Crippen molar-refractivity contribution in [3.8, 4) is 0 Å². The highest BCUT2D eigenvalue weighted by Crippen LogP contribution is 2.43. The maximum absolute atomic E-state index is 13.3. The Morgan fingerprint density at radius 1 is 1.00 bits per heavy atom. The molecule has 2 aliphatic carbocycles. The zero-order chi connectivity index (χ0) is 25.8. The van der Waals surface area contributed by atoms with Gasteiger partial charge >= 0.3 is 0 Å². The van der Waals surface area contributed by atoms with Crippen molar-refractivity contribution in [2.45, 2.75) is 62.6 Å². The molecule has 1 aromatic heterocycles. The highest BCUT2D eigenvalue weighted by molar-refractivity contribution is 6.38. The highest BCUT2D eigenvalue weighted by Gasteiger charge is 2.52. The second-order valence-electron chi connectivity index (χ2n) is 9.47. The van der Waals surface area contributed by atoms with E-state index in [1.807, 2.05) is 0 Å². The van der Waals surface area contributed by atoms with Gasteiger partial charge in [0.15, 0.2) is 0 Å². The van der Waals surface area contributed by atoms with Crippen LogP contribution in [-0.4, -0.2) is 46.0 Å². The summed E-state index contributed by atoms with van der Waals surface area (Å²) in [6.45, 7) is 0.0451. The van der Waals surface area contributed by atoms with E-state index in [2.05, 4.69) is 20.9 Å². The van der Waals surface area contributed by atoms with Crippen LogP contribution in [0.4, 0.5) is 8.78 Å². The number of Topliss-reactive ketones (excluding diaryl/α,β-unsaturated/α-hetero) is 1. The number of halogens is 2. The van der Waals surface area contributed by atoms with Crippen LogP contribution < -0.4 is 16.0 Å². The topological polar surface area (TPSA) is 117 Å². The number of alkyl halides is 2. The van der Waals surface area contributed by atoms with E-state index < -0.39 is 59.8 Å². The molecule has 0 bridgehead atoms. The molecule has 36 heavy (non-hydrogen) atoms. The van der Waals surface area contributed by atoms with Gasteiger partial charge in [0.05, 0.1) is 12.2 Å². The number of carbonyl (C=O) groups excluding carboxylic acids is 4. The van der Waals surface area contributed by atoms with Gasteiger partial charge in [-0.05, 0) is 37.0 Å². The van der Waals surface area contributed by atoms with Crippen LogP contribution in [0, 0.1) is 5.92 Å². The van der Waals surface area contributed by atoms with E-state index in [1.165, 1.54) is 0 Å². The molecule has 1 aromatic carbocycles. The van der Waals surface area contributed by atoms with E-state index in [9.17, 15) is 28.0 Å². The normalized spacial score (nSPS) is 18.6. The first kappa shape index (κ1) is 25.4. The van der Waals surface area contributed by atoms with Gasteiger partial charge in [0.2, 0.25) is 23.5 Å². The molecule has 4 rings (SSSR count). The van der Waals surface area contributed by atoms with E-state index in [0.717, 1.165) is 5.56 Å². The molecule has 0 aliphatic heterocycles. The predicted octanol–water partition coefficient (Wildman–Crippen LogP) is 2.08. The Morgan fingerprint density at radius 2 is 1.69 bits per heavy atom. The van der Waals surface area contributed by atoms with E-state index in [-0.39, 0.29) is 13.0 Å². The minimum Gasteiger partial charge on any atom is -0.344 e. The van der Waals surface area contributed by atoms with Gasteiger partial charge in [-0.1, -0.05) is 36.4 Å². The molecule has 3 N–H and O–H groups in total. The number of benzene rings is 1. The number of carbonyl (C=O) groups is 4. The minimum atomic E-state index is -2.85. The fraction of sp³-hybridized carbons (Fsp3) is 0.423. The van der Waals surface area contributed by atoms with Crippen LogP contribution in [0.25, 0.3) is 0 Å². The standard InChI is InChI=1S/C26H28F2N4O4/c27-26(28)14-18(15-26)22(34)32-25(10-6-11-25)24(36)31-20(13-17-7-2-1-3-8-17)21(33)23(35)30-16-19-9-4-5-12-29-19/h1-5,7-9,12,18,20H,6,10-11,13-16H2,(H,30,35)(H,31,36)(H,32,34)/t20-/m1/s1. The van der Waals surface area contributed by atoms with Crippen LogP contribution in [0.5, 0.6) is 0 Å². The van der Waals surface area contributed by atoms with Crippen molar-refractivity contribution in [3.05, 3.63) is 66.0 Å². The van der Waals surface area contributed by atoms with Crippen LogP contribution in [0.1, 0.15) is 43.4 Å². The summed E-state index contributed by atoms with van der Waals surface area (Å²) in [5.74, 6) is -6.58. The van der Waals surface area contributed by atoms with Gasteiger partial charge in [0, 0.05) is 31.4 Å². The largest absolute Gasteiger partial charge is 0.344 e. The molecule has 3 amide bonds. The number of nitrogens with zero attached hydrogens (tertiary/aromatic N) is 1. The molecule has 0 unspecified atom stereocenters. The van der Waals surface area contributed by atoms with E-state index >= 15 is 0 Å². The molecule has 10 heteroatoms. The third kappa shape index (κ3) is 5.92. The number of nitrogens with one attached hydrogen (secondary N) is 3. The molecule has 8 nitrogen and oxygen atoms in total. The van der Waals surface area contributed by atoms with Crippen molar-refractivity contribution >= 4 is 23.5 Å². The number of aromatic nitrogens is 1. The van der Waals surface area contributed by atoms with Crippen molar-refractivity contribution in [1.82, 2.24) is 20.9 Å². The Balaban J connectivity index is 1.44. The highest BCUT2D eigenvalue weighted by atomic mass is 19.3. The Morgan fingerprint density at radius 3 is 2.28 bits per heavy atom. The zero-order valence-corrected chi connectivity index (χ0v) is 19.6. The lowest BCUT2D eigenvalue weighted by Gasteiger charge is -2.44. The Hall–Kier alpha value is -3.69. The van der Waals surface area contributed by atoms with Gasteiger partial charge in [0.25, 0.3) is 5.91 Å². The Kier molecular flexibility index (Phi) is 7.42. The first-order valence-corrected chi connectivity index (χ1v) is 11.9. The molecule has 2 saturated carbocycles. The zero-order valence-electron chi connectivity index (χ0n) is 19.6. The quantitative estimate of drug-likeness (QED) is 0.434. The molecule has 0 saturated heterocycles. The van der Waals surface area contributed by atoms with Gasteiger partial charge in [-0.3, -0.25) is 24.2 Å². The first-order valence-electron chi connectivity index (χ1n) is 11.9. The van der Waals surface area contributed by atoms with Crippen molar-refractivity contribution in [2.24, 2.45) is 5.92 Å². The summed E-state index contributed by atoms with van der Waals surface area (Å²) in [7, 11) is 0. The van der Waals surface area contributed by atoms with Crippen LogP contribution in [0.3, 0.4) is 0 Å². The van der Waals surface area contributed by atoms with Crippen molar-refractivity contribution in [2.75, 3.05) is 0 Å². The third-order valence-electron chi connectivity index (χ3n) is 6.75. The van der Waals surface area contributed by atoms with Crippen LogP contribution in [0.15, 0.2) is 54.7 Å². The average Bonchev–Trinajstić information content (AvgIpc) is 2.83. The molecule has 1 atom stereocenters. The summed E-state index contributed by atoms with van der Waals surface area (Å²) in [5, 5.41) is 7.84. The molecule has 2 fully saturated rings. The Labute approximate surface area is 207 Å². The number of hydrogen-bond donors (Lipinski definition) is 3. The van der Waals surface area contributed by atoms with Crippen LogP contribution in [0.2, 0.25) is 0 Å². The lowest BCUT2D eigenvalue weighted by atomic mass is 9.73. The number of hydrogen-bond acceptors (Lipinski definition) is 5. The van der Waals surface area contributed by atoms with Gasteiger partial charge in [-0.2, -0.15) is 0 Å². The van der Waals surface area contributed by atoms with E-state index in [4.69, 9.17) is 0 Å². The number of pyridine rings is 1. The fourth-order valence-corrected chi connectivity index (χ4v) is 4.40. The predicted molar refractivity (Wildman–Crippen MR) is 126 cm³/mol. The molecule has 0 radical (unpaired) electrons. The van der Waals surface area contributed by atoms with Crippen LogP contribution in [-0.2, 0) is 32.1 Å². The molecule has 190 valence electrons. The average molecular weight is 499 g/mol. The first-order chi connectivity index (χ1) is 17.2. The molecular weight excluding hydrogens is 470 g/mol. The van der Waals surface area contributed by atoms with E-state index in [0.29, 0.717) is 25.0 Å².